The highest BCUT2D eigenvalue weighted by atomic mass is 35.5. The van der Waals surface area contributed by atoms with Crippen LogP contribution in [0.5, 0.6) is 5.75 Å². The third kappa shape index (κ3) is 2.20. The Hall–Kier alpha value is -1.19. The van der Waals surface area contributed by atoms with Gasteiger partial charge in [-0.2, -0.15) is 0 Å². The Morgan fingerprint density at radius 3 is 2.67 bits per heavy atom. The van der Waals surface area contributed by atoms with Crippen LogP contribution >= 0.6 is 11.6 Å². The van der Waals surface area contributed by atoms with Crippen LogP contribution in [0.3, 0.4) is 0 Å². The third-order valence-electron chi connectivity index (χ3n) is 3.18. The zero-order chi connectivity index (χ0) is 13.3. The van der Waals surface area contributed by atoms with Crippen molar-refractivity contribution in [3.63, 3.8) is 0 Å². The van der Waals surface area contributed by atoms with E-state index >= 15 is 0 Å². The molecule has 0 aliphatic heterocycles. The van der Waals surface area contributed by atoms with E-state index in [1.165, 1.54) is 11.3 Å². The van der Waals surface area contributed by atoms with Crippen LogP contribution in [-0.2, 0) is 6.42 Å². The van der Waals surface area contributed by atoms with Crippen LogP contribution in [0, 0.1) is 0 Å². The van der Waals surface area contributed by atoms with E-state index < -0.39 is 0 Å². The van der Waals surface area contributed by atoms with E-state index in [1.807, 2.05) is 12.1 Å². The van der Waals surface area contributed by atoms with Crippen LogP contribution in [0.1, 0.15) is 31.0 Å². The summed E-state index contributed by atoms with van der Waals surface area (Å²) in [6, 6.07) is 3.91. The molecule has 18 heavy (non-hydrogen) atoms. The lowest BCUT2D eigenvalue weighted by Crippen LogP contribution is -2.05. The van der Waals surface area contributed by atoms with E-state index in [0.717, 1.165) is 17.3 Å². The number of aromatic amines is 1. The second-order valence-electron chi connectivity index (χ2n) is 4.74. The molecule has 0 unspecified atom stereocenters. The van der Waals surface area contributed by atoms with Gasteiger partial charge in [-0.3, -0.25) is 0 Å². The molecule has 1 heterocycles. The average Bonchev–Trinajstić information content (AvgIpc) is 2.67. The van der Waals surface area contributed by atoms with Gasteiger partial charge in [-0.1, -0.05) is 25.4 Å². The second-order valence-corrected chi connectivity index (χ2v) is 5.15. The fourth-order valence-corrected chi connectivity index (χ4v) is 2.58. The summed E-state index contributed by atoms with van der Waals surface area (Å²) >= 11 is 6.15. The Bertz CT molecular complexity index is 560. The molecule has 2 rings (SSSR count). The maximum absolute atomic E-state index is 6.15. The SMILES string of the molecule is COc1cc2c(CCN)c(C(C)C)[nH]c2cc1Cl. The first-order valence-electron chi connectivity index (χ1n) is 6.16. The standard InChI is InChI=1S/C14H19ClN2O/c1-8(2)14-9(4-5-16)10-6-13(18-3)11(15)7-12(10)17-14/h6-8,17H,4-5,16H2,1-3H3. The van der Waals surface area contributed by atoms with E-state index in [4.69, 9.17) is 22.1 Å². The molecule has 0 radical (unpaired) electrons. The Balaban J connectivity index is 2.69. The van der Waals surface area contributed by atoms with Gasteiger partial charge in [0.15, 0.2) is 0 Å². The minimum absolute atomic E-state index is 0.434. The van der Waals surface area contributed by atoms with Gasteiger partial charge in [0.05, 0.1) is 12.1 Å². The van der Waals surface area contributed by atoms with Gasteiger partial charge in [-0.05, 0) is 36.6 Å². The van der Waals surface area contributed by atoms with Crippen molar-refractivity contribution in [1.29, 1.82) is 0 Å². The highest BCUT2D eigenvalue weighted by Crippen LogP contribution is 2.34. The van der Waals surface area contributed by atoms with Crippen molar-refractivity contribution in [1.82, 2.24) is 4.98 Å². The fraction of sp³-hybridized carbons (Fsp3) is 0.429. The van der Waals surface area contributed by atoms with Gasteiger partial charge in [-0.25, -0.2) is 0 Å². The van der Waals surface area contributed by atoms with Crippen molar-refractivity contribution in [3.8, 4) is 5.75 Å². The summed E-state index contributed by atoms with van der Waals surface area (Å²) in [5, 5.41) is 1.78. The molecule has 1 aromatic carbocycles. The number of fused-ring (bicyclic) bond motifs is 1. The van der Waals surface area contributed by atoms with E-state index in [1.54, 1.807) is 7.11 Å². The first kappa shape index (κ1) is 13.2. The third-order valence-corrected chi connectivity index (χ3v) is 3.48. The van der Waals surface area contributed by atoms with Crippen LogP contribution in [-0.4, -0.2) is 18.6 Å². The van der Waals surface area contributed by atoms with Gasteiger partial charge >= 0.3 is 0 Å². The van der Waals surface area contributed by atoms with Crippen LogP contribution in [0.15, 0.2) is 12.1 Å². The van der Waals surface area contributed by atoms with Crippen molar-refractivity contribution < 1.29 is 4.74 Å². The van der Waals surface area contributed by atoms with Crippen LogP contribution in [0.25, 0.3) is 10.9 Å². The predicted octanol–water partition coefficient (Wildman–Crippen LogP) is 3.45. The first-order valence-corrected chi connectivity index (χ1v) is 6.54. The monoisotopic (exact) mass is 266 g/mol. The number of halogens is 1. The number of rotatable bonds is 4. The molecule has 1 aromatic heterocycles. The Morgan fingerprint density at radius 2 is 2.11 bits per heavy atom. The molecule has 4 heteroatoms. The Kier molecular flexibility index (Phi) is 3.83. The number of aromatic nitrogens is 1. The van der Waals surface area contributed by atoms with Gasteiger partial charge in [0.2, 0.25) is 0 Å². The van der Waals surface area contributed by atoms with Gasteiger partial charge in [0, 0.05) is 16.6 Å². The highest BCUT2D eigenvalue weighted by molar-refractivity contribution is 6.32. The minimum atomic E-state index is 0.434. The highest BCUT2D eigenvalue weighted by Gasteiger charge is 2.15. The lowest BCUT2D eigenvalue weighted by Gasteiger charge is -2.07. The van der Waals surface area contributed by atoms with Crippen LogP contribution in [0.2, 0.25) is 5.02 Å². The molecule has 0 atom stereocenters. The molecule has 0 saturated heterocycles. The number of ether oxygens (including phenoxy) is 1. The topological polar surface area (TPSA) is 51.0 Å². The molecule has 0 aliphatic carbocycles. The lowest BCUT2D eigenvalue weighted by atomic mass is 10.0. The maximum atomic E-state index is 6.15. The normalized spacial score (nSPS) is 11.4. The minimum Gasteiger partial charge on any atom is -0.495 e. The lowest BCUT2D eigenvalue weighted by molar-refractivity contribution is 0.415. The molecular formula is C14H19ClN2O. The number of benzene rings is 1. The van der Waals surface area contributed by atoms with Crippen LogP contribution in [0.4, 0.5) is 0 Å². The van der Waals surface area contributed by atoms with Crippen LogP contribution < -0.4 is 10.5 Å². The Labute approximate surface area is 112 Å². The van der Waals surface area contributed by atoms with Gasteiger partial charge in [-0.15, -0.1) is 0 Å². The molecule has 98 valence electrons. The zero-order valence-corrected chi connectivity index (χ0v) is 11.8. The van der Waals surface area contributed by atoms with E-state index in [0.29, 0.717) is 23.2 Å². The van der Waals surface area contributed by atoms with Crippen molar-refractivity contribution >= 4 is 22.5 Å². The summed E-state index contributed by atoms with van der Waals surface area (Å²) in [6.07, 6.45) is 0.859. The van der Waals surface area contributed by atoms with Crippen molar-refractivity contribution in [2.24, 2.45) is 5.73 Å². The zero-order valence-electron chi connectivity index (χ0n) is 11.0. The molecule has 0 spiro atoms. The quantitative estimate of drug-likeness (QED) is 0.890. The number of methoxy groups -OCH3 is 1. The van der Waals surface area contributed by atoms with Crippen molar-refractivity contribution in [3.05, 3.63) is 28.4 Å². The molecule has 3 nitrogen and oxygen atoms in total. The summed E-state index contributed by atoms with van der Waals surface area (Å²) in [4.78, 5) is 3.45. The van der Waals surface area contributed by atoms with Gasteiger partial charge in [0.25, 0.3) is 0 Å². The molecular weight excluding hydrogens is 248 g/mol. The molecule has 2 aromatic rings. The second kappa shape index (κ2) is 5.21. The van der Waals surface area contributed by atoms with E-state index in [9.17, 15) is 0 Å². The van der Waals surface area contributed by atoms with Crippen molar-refractivity contribution in [2.75, 3.05) is 13.7 Å². The van der Waals surface area contributed by atoms with Gasteiger partial charge < -0.3 is 15.5 Å². The molecule has 3 N–H and O–H groups in total. The number of hydrogen-bond acceptors (Lipinski definition) is 2. The number of hydrogen-bond donors (Lipinski definition) is 2. The summed E-state index contributed by atoms with van der Waals surface area (Å²) < 4.78 is 5.28. The number of H-pyrrole nitrogens is 1. The van der Waals surface area contributed by atoms with Gasteiger partial charge in [0.1, 0.15) is 5.75 Å². The summed E-state index contributed by atoms with van der Waals surface area (Å²) in [5.41, 5.74) is 9.27. The number of nitrogens with one attached hydrogen (secondary N) is 1. The maximum Gasteiger partial charge on any atom is 0.138 e. The largest absolute Gasteiger partial charge is 0.495 e. The molecule has 0 bridgehead atoms. The molecule has 0 saturated carbocycles. The van der Waals surface area contributed by atoms with Crippen molar-refractivity contribution in [2.45, 2.75) is 26.2 Å². The smallest absolute Gasteiger partial charge is 0.138 e. The summed E-state index contributed by atoms with van der Waals surface area (Å²) in [7, 11) is 1.63. The molecule has 0 fully saturated rings. The molecule has 0 amide bonds. The first-order chi connectivity index (χ1) is 8.58. The Morgan fingerprint density at radius 1 is 1.39 bits per heavy atom. The van der Waals surface area contributed by atoms with E-state index in [-0.39, 0.29) is 0 Å². The number of nitrogens with two attached hydrogens (primary N) is 1. The summed E-state index contributed by atoms with van der Waals surface area (Å²) in [5.74, 6) is 1.14. The molecule has 0 aliphatic rings. The van der Waals surface area contributed by atoms with E-state index in [2.05, 4.69) is 18.8 Å². The summed E-state index contributed by atoms with van der Waals surface area (Å²) in [6.45, 7) is 4.98. The predicted molar refractivity (Wildman–Crippen MR) is 76.7 cm³/mol. The fourth-order valence-electron chi connectivity index (χ4n) is 2.34. The average molecular weight is 267 g/mol.